The summed E-state index contributed by atoms with van der Waals surface area (Å²) in [5, 5.41) is 3.08. The smallest absolute Gasteiger partial charge is 0.377 e. The van der Waals surface area contributed by atoms with Gasteiger partial charge in [0.1, 0.15) is 6.10 Å². The Hall–Kier alpha value is -1.65. The van der Waals surface area contributed by atoms with Crippen molar-refractivity contribution in [2.24, 2.45) is 0 Å². The summed E-state index contributed by atoms with van der Waals surface area (Å²) in [6, 6.07) is 7.69. The Morgan fingerprint density at radius 3 is 2.68 bits per heavy atom. The number of carbonyl (C=O) groups excluding carboxylic acids is 1. The van der Waals surface area contributed by atoms with Crippen LogP contribution < -0.4 is 5.32 Å². The molecule has 1 aliphatic rings. The third kappa shape index (κ3) is 3.03. The van der Waals surface area contributed by atoms with E-state index >= 15 is 0 Å². The molecule has 0 spiro atoms. The lowest BCUT2D eigenvalue weighted by molar-refractivity contribution is -0.158. The summed E-state index contributed by atoms with van der Waals surface area (Å²) < 4.78 is 30.7. The molecule has 19 heavy (non-hydrogen) atoms. The van der Waals surface area contributed by atoms with Crippen molar-refractivity contribution in [2.75, 3.05) is 11.9 Å². The average molecular weight is 269 g/mol. The predicted molar refractivity (Wildman–Crippen MR) is 68.5 cm³/mol. The van der Waals surface area contributed by atoms with Gasteiger partial charge in [-0.25, -0.2) is 4.79 Å². The maximum absolute atomic E-state index is 13.0. The molecule has 1 aliphatic heterocycles. The summed E-state index contributed by atoms with van der Waals surface area (Å²) in [6.07, 6.45) is -1.33. The Kier molecular flexibility index (Phi) is 3.73. The molecule has 1 aromatic carbocycles. The number of cyclic esters (lactones) is 1. The van der Waals surface area contributed by atoms with Gasteiger partial charge in [-0.2, -0.15) is 8.78 Å². The molecule has 0 aliphatic carbocycles. The van der Waals surface area contributed by atoms with Gasteiger partial charge in [-0.3, -0.25) is 0 Å². The van der Waals surface area contributed by atoms with Crippen molar-refractivity contribution in [3.63, 3.8) is 0 Å². The van der Waals surface area contributed by atoms with Gasteiger partial charge in [-0.15, -0.1) is 0 Å². The molecule has 0 bridgehead atoms. The van der Waals surface area contributed by atoms with Crippen LogP contribution in [0.4, 0.5) is 14.5 Å². The number of para-hydroxylation sites is 1. The van der Waals surface area contributed by atoms with Crippen molar-refractivity contribution in [3.05, 3.63) is 29.8 Å². The molecular weight excluding hydrogens is 252 g/mol. The highest BCUT2D eigenvalue weighted by Gasteiger charge is 2.50. The number of hydrogen-bond donors (Lipinski definition) is 1. The van der Waals surface area contributed by atoms with Gasteiger partial charge in [-0.1, -0.05) is 32.0 Å². The summed E-state index contributed by atoms with van der Waals surface area (Å²) in [7, 11) is 0. The highest BCUT2D eigenvalue weighted by Crippen LogP contribution is 2.31. The minimum Gasteiger partial charge on any atom is -0.456 e. The van der Waals surface area contributed by atoms with Crippen molar-refractivity contribution in [3.8, 4) is 0 Å². The fourth-order valence-electron chi connectivity index (χ4n) is 2.15. The Morgan fingerprint density at radius 1 is 1.42 bits per heavy atom. The van der Waals surface area contributed by atoms with E-state index in [1.54, 1.807) is 0 Å². The molecule has 104 valence electrons. The maximum Gasteiger partial charge on any atom is 0.377 e. The lowest BCUT2D eigenvalue weighted by Gasteiger charge is -2.16. The van der Waals surface area contributed by atoms with Gasteiger partial charge in [0.15, 0.2) is 0 Å². The molecule has 0 amide bonds. The second-order valence-electron chi connectivity index (χ2n) is 5.06. The van der Waals surface area contributed by atoms with Gasteiger partial charge >= 0.3 is 11.9 Å². The summed E-state index contributed by atoms with van der Waals surface area (Å²) >= 11 is 0. The van der Waals surface area contributed by atoms with Crippen LogP contribution in [-0.4, -0.2) is 24.5 Å². The van der Waals surface area contributed by atoms with Crippen molar-refractivity contribution >= 4 is 11.7 Å². The fraction of sp³-hybridized carbons (Fsp3) is 0.500. The molecule has 1 atom stereocenters. The number of hydrogen-bond acceptors (Lipinski definition) is 3. The molecule has 3 nitrogen and oxygen atoms in total. The Morgan fingerprint density at radius 2 is 2.11 bits per heavy atom. The van der Waals surface area contributed by atoms with Crippen molar-refractivity contribution < 1.29 is 18.3 Å². The third-order valence-corrected chi connectivity index (χ3v) is 3.16. The van der Waals surface area contributed by atoms with Crippen LogP contribution in [0.3, 0.4) is 0 Å². The van der Waals surface area contributed by atoms with Gasteiger partial charge in [0.2, 0.25) is 0 Å². The number of benzene rings is 1. The van der Waals surface area contributed by atoms with E-state index in [0.717, 1.165) is 11.3 Å². The molecule has 1 aromatic rings. The number of esters is 1. The van der Waals surface area contributed by atoms with Crippen molar-refractivity contribution in [2.45, 2.75) is 38.2 Å². The second-order valence-corrected chi connectivity index (χ2v) is 5.06. The minimum absolute atomic E-state index is 0.199. The molecule has 2 rings (SSSR count). The van der Waals surface area contributed by atoms with Crippen molar-refractivity contribution in [1.82, 2.24) is 0 Å². The van der Waals surface area contributed by atoms with E-state index in [-0.39, 0.29) is 6.54 Å². The quantitative estimate of drug-likeness (QED) is 0.853. The summed E-state index contributed by atoms with van der Waals surface area (Å²) in [5.74, 6) is -4.43. The summed E-state index contributed by atoms with van der Waals surface area (Å²) in [6.45, 7) is 4.32. The largest absolute Gasteiger partial charge is 0.456 e. The van der Waals surface area contributed by atoms with Crippen LogP contribution >= 0.6 is 0 Å². The highest BCUT2D eigenvalue weighted by molar-refractivity contribution is 5.79. The molecule has 1 heterocycles. The first-order valence-corrected chi connectivity index (χ1v) is 6.32. The number of carbonyl (C=O) groups is 1. The molecule has 1 unspecified atom stereocenters. The zero-order valence-electron chi connectivity index (χ0n) is 11.0. The van der Waals surface area contributed by atoms with Crippen LogP contribution in [0.25, 0.3) is 0 Å². The summed E-state index contributed by atoms with van der Waals surface area (Å²) in [4.78, 5) is 10.9. The number of ether oxygens (including phenoxy) is 1. The zero-order chi connectivity index (χ0) is 14.0. The third-order valence-electron chi connectivity index (χ3n) is 3.16. The topological polar surface area (TPSA) is 38.3 Å². The standard InChI is InChI=1S/C14H17F2NO2/c1-9(2)11-5-3-4-6-12(11)17-8-10-7-14(15,16)13(18)19-10/h3-6,9-10,17H,7-8H2,1-2H3. The lowest BCUT2D eigenvalue weighted by atomic mass is 10.0. The molecule has 0 saturated carbocycles. The molecule has 1 N–H and O–H groups in total. The van der Waals surface area contributed by atoms with Crippen molar-refractivity contribution in [1.29, 1.82) is 0 Å². The molecule has 0 radical (unpaired) electrons. The van der Waals surface area contributed by atoms with E-state index in [1.807, 2.05) is 24.3 Å². The number of halogens is 2. The van der Waals surface area contributed by atoms with Crippen LogP contribution in [0.2, 0.25) is 0 Å². The van der Waals surface area contributed by atoms with Gasteiger partial charge < -0.3 is 10.1 Å². The van der Waals surface area contributed by atoms with E-state index in [4.69, 9.17) is 0 Å². The number of nitrogens with one attached hydrogen (secondary N) is 1. The first-order chi connectivity index (χ1) is 8.90. The van der Waals surface area contributed by atoms with Gasteiger partial charge in [-0.05, 0) is 17.5 Å². The Labute approximate surface area is 111 Å². The monoisotopic (exact) mass is 269 g/mol. The minimum atomic E-state index is -3.34. The number of alkyl halides is 2. The summed E-state index contributed by atoms with van der Waals surface area (Å²) in [5.41, 5.74) is 2.00. The van der Waals surface area contributed by atoms with E-state index < -0.39 is 24.4 Å². The molecule has 5 heteroatoms. The second kappa shape index (κ2) is 5.15. The van der Waals surface area contributed by atoms with Gasteiger partial charge in [0.25, 0.3) is 0 Å². The normalized spacial score (nSPS) is 21.5. The van der Waals surface area contributed by atoms with Crippen LogP contribution in [0.5, 0.6) is 0 Å². The molecule has 1 fully saturated rings. The van der Waals surface area contributed by atoms with E-state index in [1.165, 1.54) is 0 Å². The average Bonchev–Trinajstić information content (AvgIpc) is 2.61. The zero-order valence-corrected chi connectivity index (χ0v) is 11.0. The molecule has 1 saturated heterocycles. The van der Waals surface area contributed by atoms with Crippen LogP contribution in [0.1, 0.15) is 31.7 Å². The first-order valence-electron chi connectivity index (χ1n) is 6.32. The van der Waals surface area contributed by atoms with E-state index in [2.05, 4.69) is 23.9 Å². The lowest BCUT2D eigenvalue weighted by Crippen LogP contribution is -2.22. The Bertz CT molecular complexity index is 474. The number of rotatable bonds is 4. The van der Waals surface area contributed by atoms with Gasteiger partial charge in [0, 0.05) is 5.69 Å². The predicted octanol–water partition coefficient (Wildman–Crippen LogP) is 3.17. The fourth-order valence-corrected chi connectivity index (χ4v) is 2.15. The highest BCUT2D eigenvalue weighted by atomic mass is 19.3. The van der Waals surface area contributed by atoms with Crippen LogP contribution in [0, 0.1) is 0 Å². The van der Waals surface area contributed by atoms with E-state index in [0.29, 0.717) is 5.92 Å². The van der Waals surface area contributed by atoms with Crippen LogP contribution in [0.15, 0.2) is 24.3 Å². The molecular formula is C14H17F2NO2. The first kappa shape index (κ1) is 13.8. The SMILES string of the molecule is CC(C)c1ccccc1NCC1CC(F)(F)C(=O)O1. The van der Waals surface area contributed by atoms with Gasteiger partial charge in [0.05, 0.1) is 13.0 Å². The Balaban J connectivity index is 1.99. The van der Waals surface area contributed by atoms with Crippen LogP contribution in [-0.2, 0) is 9.53 Å². The van der Waals surface area contributed by atoms with E-state index in [9.17, 15) is 13.6 Å². The number of anilines is 1. The maximum atomic E-state index is 13.0. The molecule has 0 aromatic heterocycles.